The standard InChI is InChI=1S/C8H13N.C3H8.C2H6/c1-6-3-8(5-9)4-7(6)2;1-3-2;1-2/h3H,4-5,9H2,1-2H3;3H2,1-2H3;1-2H3. The van der Waals surface area contributed by atoms with Crippen LogP contribution in [0.3, 0.4) is 0 Å². The number of allylic oxidation sites excluding steroid dienone is 3. The molecule has 0 aliphatic heterocycles. The van der Waals surface area contributed by atoms with E-state index in [1.54, 1.807) is 0 Å². The maximum Gasteiger partial charge on any atom is 0.0143 e. The van der Waals surface area contributed by atoms with E-state index in [9.17, 15) is 0 Å². The third kappa shape index (κ3) is 6.90. The van der Waals surface area contributed by atoms with Crippen LogP contribution < -0.4 is 5.73 Å². The summed E-state index contributed by atoms with van der Waals surface area (Å²) in [6, 6.07) is 0. The first kappa shape index (κ1) is 15.9. The molecule has 0 saturated carbocycles. The molecule has 0 saturated heterocycles. The predicted molar refractivity (Wildman–Crippen MR) is 67.4 cm³/mol. The fourth-order valence-corrected chi connectivity index (χ4v) is 1.09. The van der Waals surface area contributed by atoms with Crippen LogP contribution >= 0.6 is 0 Å². The third-order valence-corrected chi connectivity index (χ3v) is 1.85. The van der Waals surface area contributed by atoms with Gasteiger partial charge in [0.25, 0.3) is 0 Å². The summed E-state index contributed by atoms with van der Waals surface area (Å²) < 4.78 is 0. The van der Waals surface area contributed by atoms with Gasteiger partial charge in [-0.2, -0.15) is 0 Å². The lowest BCUT2D eigenvalue weighted by atomic mass is 10.1. The molecule has 1 nitrogen and oxygen atoms in total. The minimum atomic E-state index is 0.717. The number of nitrogens with two attached hydrogens (primary N) is 1. The predicted octanol–water partition coefficient (Wildman–Crippen LogP) is 4.05. The van der Waals surface area contributed by atoms with Gasteiger partial charge in [-0.3, -0.25) is 0 Å². The van der Waals surface area contributed by atoms with Gasteiger partial charge in [-0.1, -0.05) is 56.9 Å². The van der Waals surface area contributed by atoms with E-state index >= 15 is 0 Å². The number of hydrogen-bond acceptors (Lipinski definition) is 1. The molecule has 0 aromatic carbocycles. The van der Waals surface area contributed by atoms with E-state index in [-0.39, 0.29) is 0 Å². The Bertz CT molecular complexity index is 187. The van der Waals surface area contributed by atoms with Gasteiger partial charge in [0.05, 0.1) is 0 Å². The molecule has 1 heteroatoms. The van der Waals surface area contributed by atoms with Gasteiger partial charge >= 0.3 is 0 Å². The molecule has 0 heterocycles. The molecule has 1 aliphatic rings. The average molecular weight is 197 g/mol. The first-order chi connectivity index (χ1) is 6.65. The Kier molecular flexibility index (Phi) is 11.9. The zero-order valence-corrected chi connectivity index (χ0v) is 10.8. The van der Waals surface area contributed by atoms with Gasteiger partial charge in [0.2, 0.25) is 0 Å². The van der Waals surface area contributed by atoms with E-state index < -0.39 is 0 Å². The Balaban J connectivity index is 0. The highest BCUT2D eigenvalue weighted by Crippen LogP contribution is 2.22. The zero-order valence-electron chi connectivity index (χ0n) is 10.8. The van der Waals surface area contributed by atoms with Crippen LogP contribution in [0.5, 0.6) is 0 Å². The van der Waals surface area contributed by atoms with E-state index in [4.69, 9.17) is 5.73 Å². The van der Waals surface area contributed by atoms with Crippen LogP contribution in [0.25, 0.3) is 0 Å². The average Bonchev–Trinajstić information content (AvgIpc) is 2.51. The molecule has 0 fully saturated rings. The van der Waals surface area contributed by atoms with Crippen LogP contribution in [0.1, 0.15) is 54.4 Å². The van der Waals surface area contributed by atoms with Gasteiger partial charge in [-0.25, -0.2) is 0 Å². The summed E-state index contributed by atoms with van der Waals surface area (Å²) in [6.45, 7) is 13.3. The number of rotatable bonds is 1. The summed E-state index contributed by atoms with van der Waals surface area (Å²) in [6.07, 6.45) is 4.54. The molecule has 2 N–H and O–H groups in total. The Labute approximate surface area is 90.1 Å². The second kappa shape index (κ2) is 10.5. The summed E-state index contributed by atoms with van der Waals surface area (Å²) in [4.78, 5) is 0. The topological polar surface area (TPSA) is 26.0 Å². The summed E-state index contributed by atoms with van der Waals surface area (Å²) in [5, 5.41) is 0. The molecule has 1 aliphatic carbocycles. The molecule has 0 radical (unpaired) electrons. The van der Waals surface area contributed by atoms with Crippen molar-refractivity contribution in [2.75, 3.05) is 6.54 Å². The fraction of sp³-hybridized carbons (Fsp3) is 0.692. The first-order valence-electron chi connectivity index (χ1n) is 5.71. The third-order valence-electron chi connectivity index (χ3n) is 1.85. The molecule has 0 aromatic heterocycles. The molecule has 0 amide bonds. The summed E-state index contributed by atoms with van der Waals surface area (Å²) in [5.74, 6) is 0. The highest BCUT2D eigenvalue weighted by Gasteiger charge is 2.06. The van der Waals surface area contributed by atoms with Gasteiger partial charge in [0.15, 0.2) is 0 Å². The van der Waals surface area contributed by atoms with Crippen molar-refractivity contribution < 1.29 is 0 Å². The smallest absolute Gasteiger partial charge is 0.0143 e. The Morgan fingerprint density at radius 3 is 1.79 bits per heavy atom. The van der Waals surface area contributed by atoms with E-state index in [1.807, 2.05) is 13.8 Å². The van der Waals surface area contributed by atoms with E-state index in [0.717, 1.165) is 6.42 Å². The quantitative estimate of drug-likeness (QED) is 0.674. The van der Waals surface area contributed by atoms with Gasteiger partial charge < -0.3 is 5.73 Å². The Morgan fingerprint density at radius 2 is 1.64 bits per heavy atom. The maximum absolute atomic E-state index is 5.46. The molecule has 84 valence electrons. The SMILES string of the molecule is CC.CC1=C(C)CC(CN)=C1.CCC. The minimum Gasteiger partial charge on any atom is -0.327 e. The van der Waals surface area contributed by atoms with Crippen LogP contribution in [-0.4, -0.2) is 6.54 Å². The molecule has 14 heavy (non-hydrogen) atoms. The largest absolute Gasteiger partial charge is 0.327 e. The highest BCUT2D eigenvalue weighted by molar-refractivity contribution is 5.37. The Morgan fingerprint density at radius 1 is 1.21 bits per heavy atom. The molecule has 0 unspecified atom stereocenters. The highest BCUT2D eigenvalue weighted by atomic mass is 14.5. The molecule has 0 atom stereocenters. The lowest BCUT2D eigenvalue weighted by Crippen LogP contribution is -2.00. The normalized spacial score (nSPS) is 13.8. The van der Waals surface area contributed by atoms with Crippen molar-refractivity contribution in [2.45, 2.75) is 54.4 Å². The van der Waals surface area contributed by atoms with Crippen molar-refractivity contribution in [3.05, 3.63) is 22.8 Å². The van der Waals surface area contributed by atoms with Gasteiger partial charge in [0, 0.05) is 6.54 Å². The molecule has 0 spiro atoms. The maximum atomic E-state index is 5.46. The summed E-state index contributed by atoms with van der Waals surface area (Å²) in [7, 11) is 0. The molecule has 0 aromatic rings. The number of hydrogen-bond donors (Lipinski definition) is 1. The van der Waals surface area contributed by atoms with Crippen LogP contribution in [0.2, 0.25) is 0 Å². The molecular formula is C13H27N. The van der Waals surface area contributed by atoms with Gasteiger partial charge in [-0.05, 0) is 20.3 Å². The lowest BCUT2D eigenvalue weighted by Gasteiger charge is -1.94. The molecule has 1 rings (SSSR count). The second-order valence-electron chi connectivity index (χ2n) is 3.35. The van der Waals surface area contributed by atoms with Gasteiger partial charge in [0.1, 0.15) is 0 Å². The van der Waals surface area contributed by atoms with Crippen LogP contribution in [0.4, 0.5) is 0 Å². The van der Waals surface area contributed by atoms with Crippen molar-refractivity contribution >= 4 is 0 Å². The van der Waals surface area contributed by atoms with Crippen molar-refractivity contribution in [2.24, 2.45) is 5.73 Å². The molecular weight excluding hydrogens is 170 g/mol. The van der Waals surface area contributed by atoms with E-state index in [1.165, 1.54) is 23.1 Å². The first-order valence-corrected chi connectivity index (χ1v) is 5.71. The van der Waals surface area contributed by atoms with E-state index in [0.29, 0.717) is 6.54 Å². The lowest BCUT2D eigenvalue weighted by molar-refractivity contribution is 1.05. The fourth-order valence-electron chi connectivity index (χ4n) is 1.09. The van der Waals surface area contributed by atoms with Crippen LogP contribution in [-0.2, 0) is 0 Å². The van der Waals surface area contributed by atoms with Crippen molar-refractivity contribution in [3.8, 4) is 0 Å². The van der Waals surface area contributed by atoms with Crippen molar-refractivity contribution in [1.82, 2.24) is 0 Å². The van der Waals surface area contributed by atoms with Crippen molar-refractivity contribution in [3.63, 3.8) is 0 Å². The summed E-state index contributed by atoms with van der Waals surface area (Å²) >= 11 is 0. The zero-order chi connectivity index (χ0) is 11.6. The van der Waals surface area contributed by atoms with Gasteiger partial charge in [-0.15, -0.1) is 0 Å². The van der Waals surface area contributed by atoms with Crippen LogP contribution in [0, 0.1) is 0 Å². The van der Waals surface area contributed by atoms with Crippen LogP contribution in [0.15, 0.2) is 22.8 Å². The monoisotopic (exact) mass is 197 g/mol. The van der Waals surface area contributed by atoms with E-state index in [2.05, 4.69) is 33.8 Å². The Hall–Kier alpha value is -0.560. The van der Waals surface area contributed by atoms with Crippen molar-refractivity contribution in [1.29, 1.82) is 0 Å². The minimum absolute atomic E-state index is 0.717. The summed E-state index contributed by atoms with van der Waals surface area (Å²) in [5.41, 5.74) is 9.70. The molecule has 0 bridgehead atoms. The second-order valence-corrected chi connectivity index (χ2v) is 3.35.